The number of carboxylic acids is 1. The molecule has 1 heterocycles. The van der Waals surface area contributed by atoms with Gasteiger partial charge in [0.15, 0.2) is 0 Å². The lowest BCUT2D eigenvalue weighted by Crippen LogP contribution is -2.37. The molecule has 0 aromatic carbocycles. The van der Waals surface area contributed by atoms with Crippen LogP contribution in [0.15, 0.2) is 0 Å². The van der Waals surface area contributed by atoms with Gasteiger partial charge in [0, 0.05) is 33.2 Å². The average molecular weight is 271 g/mol. The van der Waals surface area contributed by atoms with Crippen LogP contribution in [0.1, 0.15) is 39.5 Å². The van der Waals surface area contributed by atoms with Crippen molar-refractivity contribution in [3.05, 3.63) is 0 Å². The Morgan fingerprint density at radius 3 is 2.68 bits per heavy atom. The SMILES string of the molecule is CCCC1(C(=O)O)CCN(C(=O)CC(C)COC)C1. The molecule has 1 N–H and O–H groups in total. The van der Waals surface area contributed by atoms with Crippen molar-refractivity contribution >= 4 is 11.9 Å². The summed E-state index contributed by atoms with van der Waals surface area (Å²) in [5.74, 6) is -0.554. The van der Waals surface area contributed by atoms with Crippen molar-refractivity contribution in [1.29, 1.82) is 0 Å². The first-order valence-corrected chi connectivity index (χ1v) is 6.95. The summed E-state index contributed by atoms with van der Waals surface area (Å²) in [5, 5.41) is 9.40. The molecule has 1 amide bonds. The fraction of sp³-hybridized carbons (Fsp3) is 0.857. The van der Waals surface area contributed by atoms with E-state index in [1.165, 1.54) is 0 Å². The number of rotatable bonds is 7. The maximum Gasteiger partial charge on any atom is 0.311 e. The second kappa shape index (κ2) is 6.89. The van der Waals surface area contributed by atoms with Crippen molar-refractivity contribution in [2.24, 2.45) is 11.3 Å². The van der Waals surface area contributed by atoms with Gasteiger partial charge in [-0.2, -0.15) is 0 Å². The molecular formula is C14H25NO4. The number of likely N-dealkylation sites (tertiary alicyclic amines) is 1. The summed E-state index contributed by atoms with van der Waals surface area (Å²) in [5.41, 5.74) is -0.727. The Hall–Kier alpha value is -1.10. The van der Waals surface area contributed by atoms with E-state index >= 15 is 0 Å². The fourth-order valence-corrected chi connectivity index (χ4v) is 2.82. The zero-order valence-corrected chi connectivity index (χ0v) is 12.1. The monoisotopic (exact) mass is 271 g/mol. The molecule has 110 valence electrons. The maximum atomic E-state index is 12.1. The molecule has 5 heteroatoms. The highest BCUT2D eigenvalue weighted by Crippen LogP contribution is 2.36. The van der Waals surface area contributed by atoms with Crippen LogP contribution < -0.4 is 0 Å². The molecule has 0 aromatic rings. The van der Waals surface area contributed by atoms with E-state index in [1.54, 1.807) is 12.0 Å². The first-order chi connectivity index (χ1) is 8.95. The summed E-state index contributed by atoms with van der Waals surface area (Å²) in [7, 11) is 1.62. The van der Waals surface area contributed by atoms with Crippen LogP contribution in [0.2, 0.25) is 0 Å². The van der Waals surface area contributed by atoms with Crippen molar-refractivity contribution in [2.75, 3.05) is 26.8 Å². The molecule has 0 saturated carbocycles. The molecular weight excluding hydrogens is 246 g/mol. The summed E-state index contributed by atoms with van der Waals surface area (Å²) in [6.45, 7) is 5.42. The first-order valence-electron chi connectivity index (χ1n) is 6.95. The van der Waals surface area contributed by atoms with E-state index in [4.69, 9.17) is 4.74 Å². The second-order valence-corrected chi connectivity index (χ2v) is 5.67. The van der Waals surface area contributed by atoms with Crippen molar-refractivity contribution in [2.45, 2.75) is 39.5 Å². The smallest absolute Gasteiger partial charge is 0.311 e. The zero-order chi connectivity index (χ0) is 14.5. The van der Waals surface area contributed by atoms with Crippen LogP contribution in [0.3, 0.4) is 0 Å². The number of aliphatic carboxylic acids is 1. The number of hydrogen-bond acceptors (Lipinski definition) is 3. The van der Waals surface area contributed by atoms with E-state index in [2.05, 4.69) is 0 Å². The minimum absolute atomic E-state index is 0.0452. The average Bonchev–Trinajstić information content (AvgIpc) is 2.75. The van der Waals surface area contributed by atoms with E-state index in [0.717, 1.165) is 6.42 Å². The van der Waals surface area contributed by atoms with Crippen LogP contribution in [0, 0.1) is 11.3 Å². The van der Waals surface area contributed by atoms with E-state index in [1.807, 2.05) is 13.8 Å². The van der Waals surface area contributed by atoms with Crippen molar-refractivity contribution in [3.63, 3.8) is 0 Å². The Morgan fingerprint density at radius 1 is 1.47 bits per heavy atom. The van der Waals surface area contributed by atoms with E-state index in [0.29, 0.717) is 39.0 Å². The standard InChI is InChI=1S/C14H25NO4/c1-4-5-14(13(17)18)6-7-15(10-14)12(16)8-11(2)9-19-3/h11H,4-10H2,1-3H3,(H,17,18). The van der Waals surface area contributed by atoms with Gasteiger partial charge in [0.05, 0.1) is 5.41 Å². The van der Waals surface area contributed by atoms with Crippen LogP contribution in [0.4, 0.5) is 0 Å². The largest absolute Gasteiger partial charge is 0.481 e. The van der Waals surface area contributed by atoms with E-state index in [-0.39, 0.29) is 11.8 Å². The quantitative estimate of drug-likeness (QED) is 0.766. The Kier molecular flexibility index (Phi) is 5.79. The lowest BCUT2D eigenvalue weighted by molar-refractivity contribution is -0.149. The summed E-state index contributed by atoms with van der Waals surface area (Å²) in [6, 6.07) is 0. The van der Waals surface area contributed by atoms with E-state index < -0.39 is 11.4 Å². The van der Waals surface area contributed by atoms with Gasteiger partial charge in [-0.25, -0.2) is 0 Å². The number of carboxylic acid groups (broad SMARTS) is 1. The fourth-order valence-electron chi connectivity index (χ4n) is 2.82. The molecule has 1 aliphatic rings. The Balaban J connectivity index is 2.59. The summed E-state index contributed by atoms with van der Waals surface area (Å²) in [4.78, 5) is 25.3. The number of carbonyl (C=O) groups excluding carboxylic acids is 1. The summed E-state index contributed by atoms with van der Waals surface area (Å²) in [6.07, 6.45) is 2.46. The number of carbonyl (C=O) groups is 2. The third-order valence-corrected chi connectivity index (χ3v) is 3.86. The topological polar surface area (TPSA) is 66.8 Å². The number of ether oxygens (including phenoxy) is 1. The van der Waals surface area contributed by atoms with Crippen LogP contribution in [-0.2, 0) is 14.3 Å². The van der Waals surface area contributed by atoms with Gasteiger partial charge in [-0.05, 0) is 18.8 Å². The van der Waals surface area contributed by atoms with Crippen LogP contribution in [0.5, 0.6) is 0 Å². The van der Waals surface area contributed by atoms with Gasteiger partial charge >= 0.3 is 5.97 Å². The number of amides is 1. The van der Waals surface area contributed by atoms with Crippen LogP contribution >= 0.6 is 0 Å². The van der Waals surface area contributed by atoms with Gasteiger partial charge < -0.3 is 14.7 Å². The van der Waals surface area contributed by atoms with Crippen molar-refractivity contribution in [1.82, 2.24) is 4.90 Å². The molecule has 2 unspecified atom stereocenters. The van der Waals surface area contributed by atoms with Crippen molar-refractivity contribution < 1.29 is 19.4 Å². The Bertz CT molecular complexity index is 331. The Morgan fingerprint density at radius 2 is 2.16 bits per heavy atom. The van der Waals surface area contributed by atoms with Gasteiger partial charge in [0.2, 0.25) is 5.91 Å². The van der Waals surface area contributed by atoms with E-state index in [9.17, 15) is 14.7 Å². The molecule has 1 saturated heterocycles. The maximum absolute atomic E-state index is 12.1. The predicted octanol–water partition coefficient (Wildman–Crippen LogP) is 1.76. The second-order valence-electron chi connectivity index (χ2n) is 5.67. The minimum Gasteiger partial charge on any atom is -0.481 e. The lowest BCUT2D eigenvalue weighted by Gasteiger charge is -2.24. The van der Waals surface area contributed by atoms with Gasteiger partial charge in [0.25, 0.3) is 0 Å². The highest BCUT2D eigenvalue weighted by molar-refractivity contribution is 5.80. The van der Waals surface area contributed by atoms with Crippen LogP contribution in [0.25, 0.3) is 0 Å². The lowest BCUT2D eigenvalue weighted by atomic mass is 9.83. The Labute approximate surface area is 114 Å². The van der Waals surface area contributed by atoms with Crippen molar-refractivity contribution in [3.8, 4) is 0 Å². The molecule has 0 bridgehead atoms. The van der Waals surface area contributed by atoms with Gasteiger partial charge in [-0.3, -0.25) is 9.59 Å². The molecule has 5 nitrogen and oxygen atoms in total. The normalized spacial score (nSPS) is 24.5. The number of hydrogen-bond donors (Lipinski definition) is 1. The number of nitrogens with zero attached hydrogens (tertiary/aromatic N) is 1. The molecule has 1 fully saturated rings. The minimum atomic E-state index is -0.769. The first kappa shape index (κ1) is 16.0. The highest BCUT2D eigenvalue weighted by Gasteiger charge is 2.45. The van der Waals surface area contributed by atoms with Gasteiger partial charge in [-0.15, -0.1) is 0 Å². The molecule has 0 spiro atoms. The predicted molar refractivity (Wildman–Crippen MR) is 71.8 cm³/mol. The molecule has 1 rings (SSSR count). The van der Waals surface area contributed by atoms with Crippen LogP contribution in [-0.4, -0.2) is 48.7 Å². The van der Waals surface area contributed by atoms with Gasteiger partial charge in [-0.1, -0.05) is 20.3 Å². The molecule has 2 atom stereocenters. The summed E-state index contributed by atoms with van der Waals surface area (Å²) >= 11 is 0. The third-order valence-electron chi connectivity index (χ3n) is 3.86. The molecule has 19 heavy (non-hydrogen) atoms. The molecule has 0 radical (unpaired) electrons. The third kappa shape index (κ3) is 3.93. The molecule has 0 aromatic heterocycles. The molecule has 1 aliphatic heterocycles. The molecule has 0 aliphatic carbocycles. The zero-order valence-electron chi connectivity index (χ0n) is 12.1. The van der Waals surface area contributed by atoms with Gasteiger partial charge in [0.1, 0.15) is 0 Å². The summed E-state index contributed by atoms with van der Waals surface area (Å²) < 4.78 is 5.02. The number of methoxy groups -OCH3 is 1. The highest BCUT2D eigenvalue weighted by atomic mass is 16.5.